The van der Waals surface area contributed by atoms with Crippen LogP contribution < -0.4 is 5.32 Å². The maximum absolute atomic E-state index is 13.4. The standard InChI is InChI=1S/C20H31N3O4/c24-13-22(27)11-15(9-14-3-1-2-4-14)19(26)23-12-20(7-8-20)10-17(23)18(25)21-16-5-6-16/h13-17,27H,1-12H2,(H,21,25). The summed E-state index contributed by atoms with van der Waals surface area (Å²) in [5.41, 5.74) is 0.128. The Morgan fingerprint density at radius 1 is 1.22 bits per heavy atom. The van der Waals surface area contributed by atoms with E-state index in [0.717, 1.165) is 44.9 Å². The molecular formula is C20H31N3O4. The lowest BCUT2D eigenvalue weighted by atomic mass is 9.91. The molecular weight excluding hydrogens is 346 g/mol. The maximum Gasteiger partial charge on any atom is 0.243 e. The van der Waals surface area contributed by atoms with Crippen LogP contribution in [-0.2, 0) is 14.4 Å². The van der Waals surface area contributed by atoms with Crippen LogP contribution in [0.5, 0.6) is 0 Å². The monoisotopic (exact) mass is 377 g/mol. The number of carbonyl (C=O) groups is 3. The molecule has 4 fully saturated rings. The molecule has 150 valence electrons. The second-order valence-corrected chi connectivity index (χ2v) is 9.28. The minimum atomic E-state index is -0.437. The highest BCUT2D eigenvalue weighted by Gasteiger charge is 2.56. The van der Waals surface area contributed by atoms with Crippen LogP contribution in [0.3, 0.4) is 0 Å². The van der Waals surface area contributed by atoms with Crippen molar-refractivity contribution in [2.24, 2.45) is 17.3 Å². The largest absolute Gasteiger partial charge is 0.352 e. The zero-order valence-corrected chi connectivity index (χ0v) is 15.9. The minimum Gasteiger partial charge on any atom is -0.352 e. The first-order valence-electron chi connectivity index (χ1n) is 10.5. The van der Waals surface area contributed by atoms with E-state index >= 15 is 0 Å². The van der Waals surface area contributed by atoms with Gasteiger partial charge < -0.3 is 10.2 Å². The quantitative estimate of drug-likeness (QED) is 0.383. The number of nitrogens with zero attached hydrogens (tertiary/aromatic N) is 2. The Morgan fingerprint density at radius 2 is 1.93 bits per heavy atom. The number of hydrogen-bond acceptors (Lipinski definition) is 4. The number of rotatable bonds is 8. The first-order valence-corrected chi connectivity index (χ1v) is 10.5. The van der Waals surface area contributed by atoms with Crippen molar-refractivity contribution in [2.75, 3.05) is 13.1 Å². The van der Waals surface area contributed by atoms with Gasteiger partial charge in [-0.1, -0.05) is 25.7 Å². The van der Waals surface area contributed by atoms with Crippen molar-refractivity contribution in [3.8, 4) is 0 Å². The Bertz CT molecular complexity index is 596. The highest BCUT2D eigenvalue weighted by atomic mass is 16.5. The second-order valence-electron chi connectivity index (χ2n) is 9.28. The second kappa shape index (κ2) is 7.41. The molecule has 3 saturated carbocycles. The summed E-state index contributed by atoms with van der Waals surface area (Å²) in [6.45, 7) is 0.654. The van der Waals surface area contributed by atoms with Gasteiger partial charge in [-0.25, -0.2) is 5.06 Å². The molecule has 27 heavy (non-hydrogen) atoms. The summed E-state index contributed by atoms with van der Waals surface area (Å²) in [6, 6.07) is -0.113. The summed E-state index contributed by atoms with van der Waals surface area (Å²) >= 11 is 0. The number of amides is 3. The van der Waals surface area contributed by atoms with Gasteiger partial charge in [0.05, 0.1) is 12.5 Å². The Balaban J connectivity index is 1.47. The van der Waals surface area contributed by atoms with Gasteiger partial charge in [-0.3, -0.25) is 19.6 Å². The fraction of sp³-hybridized carbons (Fsp3) is 0.850. The first kappa shape index (κ1) is 18.7. The summed E-state index contributed by atoms with van der Waals surface area (Å²) in [4.78, 5) is 38.8. The Morgan fingerprint density at radius 3 is 2.52 bits per heavy atom. The molecule has 0 bridgehead atoms. The number of nitrogens with one attached hydrogen (secondary N) is 1. The van der Waals surface area contributed by atoms with Crippen molar-refractivity contribution < 1.29 is 19.6 Å². The lowest BCUT2D eigenvalue weighted by Gasteiger charge is -2.30. The Kier molecular flexibility index (Phi) is 5.14. The lowest BCUT2D eigenvalue weighted by molar-refractivity contribution is -0.158. The van der Waals surface area contributed by atoms with E-state index in [1.165, 1.54) is 12.8 Å². The summed E-state index contributed by atoms with van der Waals surface area (Å²) in [5.74, 6) is -0.0586. The third-order valence-corrected chi connectivity index (χ3v) is 6.95. The van der Waals surface area contributed by atoms with Gasteiger partial charge >= 0.3 is 0 Å². The average molecular weight is 377 g/mol. The molecule has 4 aliphatic rings. The van der Waals surface area contributed by atoms with Gasteiger partial charge in [0, 0.05) is 12.6 Å². The van der Waals surface area contributed by atoms with Crippen molar-refractivity contribution in [3.05, 3.63) is 0 Å². The van der Waals surface area contributed by atoms with Crippen LogP contribution in [0, 0.1) is 17.3 Å². The van der Waals surface area contributed by atoms with Crippen LogP contribution in [0.2, 0.25) is 0 Å². The van der Waals surface area contributed by atoms with E-state index < -0.39 is 12.0 Å². The molecule has 2 unspecified atom stereocenters. The highest BCUT2D eigenvalue weighted by molar-refractivity contribution is 5.90. The van der Waals surface area contributed by atoms with Gasteiger partial charge in [0.1, 0.15) is 6.04 Å². The fourth-order valence-electron chi connectivity index (χ4n) is 4.99. The molecule has 7 nitrogen and oxygen atoms in total. The van der Waals surface area contributed by atoms with E-state index in [0.29, 0.717) is 30.4 Å². The van der Waals surface area contributed by atoms with Gasteiger partial charge in [0.25, 0.3) is 0 Å². The zero-order valence-electron chi connectivity index (χ0n) is 15.9. The summed E-state index contributed by atoms with van der Waals surface area (Å²) in [6.07, 6.45) is 10.6. The van der Waals surface area contributed by atoms with Crippen molar-refractivity contribution >= 4 is 18.2 Å². The zero-order chi connectivity index (χ0) is 19.0. The van der Waals surface area contributed by atoms with Crippen LogP contribution in [-0.4, -0.2) is 58.6 Å². The average Bonchev–Trinajstić information content (AvgIpc) is 3.51. The Labute approximate surface area is 160 Å². The molecule has 3 amide bonds. The van der Waals surface area contributed by atoms with Crippen LogP contribution in [0.15, 0.2) is 0 Å². The predicted molar refractivity (Wildman–Crippen MR) is 97.6 cm³/mol. The molecule has 0 aromatic heterocycles. The summed E-state index contributed by atoms with van der Waals surface area (Å²) < 4.78 is 0. The number of hydrogen-bond donors (Lipinski definition) is 2. The molecule has 1 heterocycles. The normalized spacial score (nSPS) is 27.6. The molecule has 0 radical (unpaired) electrons. The van der Waals surface area contributed by atoms with Gasteiger partial charge in [-0.2, -0.15) is 0 Å². The van der Waals surface area contributed by atoms with Crippen LogP contribution in [0.25, 0.3) is 0 Å². The van der Waals surface area contributed by atoms with Crippen molar-refractivity contribution in [2.45, 2.75) is 76.3 Å². The van der Waals surface area contributed by atoms with Crippen LogP contribution >= 0.6 is 0 Å². The molecule has 1 aliphatic heterocycles. The molecule has 2 atom stereocenters. The number of likely N-dealkylation sites (tertiary alicyclic amines) is 1. The third kappa shape index (κ3) is 4.28. The van der Waals surface area contributed by atoms with Gasteiger partial charge in [-0.05, 0) is 49.9 Å². The molecule has 0 aromatic rings. The molecule has 7 heteroatoms. The smallest absolute Gasteiger partial charge is 0.243 e. The van der Waals surface area contributed by atoms with E-state index in [4.69, 9.17) is 0 Å². The van der Waals surface area contributed by atoms with E-state index in [-0.39, 0.29) is 29.8 Å². The van der Waals surface area contributed by atoms with E-state index in [1.807, 2.05) is 0 Å². The van der Waals surface area contributed by atoms with E-state index in [1.54, 1.807) is 4.90 Å². The maximum atomic E-state index is 13.4. The molecule has 3 aliphatic carbocycles. The number of carbonyl (C=O) groups excluding carboxylic acids is 3. The van der Waals surface area contributed by atoms with Gasteiger partial charge in [0.2, 0.25) is 18.2 Å². The van der Waals surface area contributed by atoms with Crippen LogP contribution in [0.4, 0.5) is 0 Å². The lowest BCUT2D eigenvalue weighted by Crippen LogP contribution is -2.50. The minimum absolute atomic E-state index is 0.0132. The summed E-state index contributed by atoms with van der Waals surface area (Å²) in [5, 5.41) is 13.4. The first-order chi connectivity index (χ1) is 13.0. The summed E-state index contributed by atoms with van der Waals surface area (Å²) in [7, 11) is 0. The predicted octanol–water partition coefficient (Wildman–Crippen LogP) is 1.69. The van der Waals surface area contributed by atoms with Gasteiger partial charge in [-0.15, -0.1) is 0 Å². The van der Waals surface area contributed by atoms with Crippen LogP contribution in [0.1, 0.15) is 64.2 Å². The molecule has 1 spiro atoms. The van der Waals surface area contributed by atoms with Gasteiger partial charge in [0.15, 0.2) is 0 Å². The van der Waals surface area contributed by atoms with Crippen molar-refractivity contribution in [1.29, 1.82) is 0 Å². The Hall–Kier alpha value is -1.63. The van der Waals surface area contributed by atoms with E-state index in [9.17, 15) is 19.6 Å². The molecule has 0 aromatic carbocycles. The molecule has 1 saturated heterocycles. The molecule has 2 N–H and O–H groups in total. The topological polar surface area (TPSA) is 90.0 Å². The van der Waals surface area contributed by atoms with E-state index in [2.05, 4.69) is 5.32 Å². The fourth-order valence-corrected chi connectivity index (χ4v) is 4.99. The highest BCUT2D eigenvalue weighted by Crippen LogP contribution is 2.55. The third-order valence-electron chi connectivity index (χ3n) is 6.95. The molecule has 4 rings (SSSR count). The van der Waals surface area contributed by atoms with Crippen molar-refractivity contribution in [3.63, 3.8) is 0 Å². The number of hydroxylamine groups is 2. The SMILES string of the molecule is O=CN(O)CC(CC1CCCC1)C(=O)N1CC2(CC2)CC1C(=O)NC1CC1. The van der Waals surface area contributed by atoms with Crippen molar-refractivity contribution in [1.82, 2.24) is 15.3 Å².